The number of hydrogen-bond acceptors (Lipinski definition) is 4. The Hall–Kier alpha value is -1.02. The van der Waals surface area contributed by atoms with Crippen molar-refractivity contribution < 1.29 is 8.42 Å². The summed E-state index contributed by atoms with van der Waals surface area (Å²) in [4.78, 5) is 6.34. The maximum Gasteiger partial charge on any atom is 0.279 e. The molecule has 1 aromatic heterocycles. The summed E-state index contributed by atoms with van der Waals surface area (Å²) >= 11 is 0. The van der Waals surface area contributed by atoms with Crippen LogP contribution in [-0.2, 0) is 16.8 Å². The lowest BCUT2D eigenvalue weighted by Crippen LogP contribution is -2.39. The number of rotatable bonds is 7. The van der Waals surface area contributed by atoms with Crippen LogP contribution in [0.4, 0.5) is 0 Å². The van der Waals surface area contributed by atoms with Gasteiger partial charge in [0.2, 0.25) is 0 Å². The zero-order valence-corrected chi connectivity index (χ0v) is 13.5. The molecule has 0 saturated carbocycles. The predicted octanol–water partition coefficient (Wildman–Crippen LogP) is 0.690. The molecule has 1 aromatic rings. The summed E-state index contributed by atoms with van der Waals surface area (Å²) < 4.78 is 28.0. The maximum absolute atomic E-state index is 11.9. The van der Waals surface area contributed by atoms with Gasteiger partial charge in [0, 0.05) is 45.1 Å². The van der Waals surface area contributed by atoms with Gasteiger partial charge in [-0.2, -0.15) is 12.7 Å². The molecule has 0 aliphatic carbocycles. The van der Waals surface area contributed by atoms with Crippen LogP contribution in [0, 0.1) is 5.92 Å². The van der Waals surface area contributed by atoms with Crippen LogP contribution in [0.1, 0.15) is 18.9 Å². The van der Waals surface area contributed by atoms with E-state index in [1.807, 2.05) is 12.3 Å². The van der Waals surface area contributed by atoms with Gasteiger partial charge in [-0.1, -0.05) is 13.0 Å². The fourth-order valence-electron chi connectivity index (χ4n) is 2.75. The largest absolute Gasteiger partial charge is 0.302 e. The van der Waals surface area contributed by atoms with E-state index >= 15 is 0 Å². The molecule has 0 radical (unpaired) electrons. The SMILES string of the molecule is CCNS(=O)(=O)N1CC[C@@H](CN(C)Cc2cccnc2)C1. The first-order valence-electron chi connectivity index (χ1n) is 7.33. The van der Waals surface area contributed by atoms with E-state index in [1.54, 1.807) is 17.4 Å². The van der Waals surface area contributed by atoms with Crippen LogP contribution in [0.25, 0.3) is 0 Å². The summed E-state index contributed by atoms with van der Waals surface area (Å²) in [6, 6.07) is 3.99. The van der Waals surface area contributed by atoms with Crippen molar-refractivity contribution in [1.29, 1.82) is 0 Å². The summed E-state index contributed by atoms with van der Waals surface area (Å²) in [5, 5.41) is 0. The van der Waals surface area contributed by atoms with Gasteiger partial charge in [-0.3, -0.25) is 4.98 Å². The Labute approximate surface area is 127 Å². The second-order valence-electron chi connectivity index (χ2n) is 5.57. The van der Waals surface area contributed by atoms with Gasteiger partial charge in [-0.05, 0) is 31.0 Å². The first-order valence-corrected chi connectivity index (χ1v) is 8.77. The zero-order valence-electron chi connectivity index (χ0n) is 12.7. The Balaban J connectivity index is 1.82. The predicted molar refractivity (Wildman–Crippen MR) is 82.8 cm³/mol. The van der Waals surface area contributed by atoms with Gasteiger partial charge in [0.05, 0.1) is 0 Å². The molecular formula is C14H24N4O2S. The van der Waals surface area contributed by atoms with Crippen molar-refractivity contribution in [1.82, 2.24) is 18.9 Å². The van der Waals surface area contributed by atoms with Crippen molar-refractivity contribution >= 4 is 10.2 Å². The highest BCUT2D eigenvalue weighted by Crippen LogP contribution is 2.20. The van der Waals surface area contributed by atoms with Gasteiger partial charge >= 0.3 is 0 Å². The Morgan fingerprint density at radius 1 is 1.52 bits per heavy atom. The molecule has 118 valence electrons. The molecule has 2 rings (SSSR count). The van der Waals surface area contributed by atoms with Crippen LogP contribution in [0.15, 0.2) is 24.5 Å². The molecule has 1 aliphatic heterocycles. The second kappa shape index (κ2) is 7.31. The third-order valence-corrected chi connectivity index (χ3v) is 5.33. The van der Waals surface area contributed by atoms with Crippen molar-refractivity contribution in [2.24, 2.45) is 5.92 Å². The van der Waals surface area contributed by atoms with Gasteiger partial charge in [-0.25, -0.2) is 4.72 Å². The van der Waals surface area contributed by atoms with Crippen LogP contribution in [0.3, 0.4) is 0 Å². The molecule has 1 N–H and O–H groups in total. The van der Waals surface area contributed by atoms with Crippen LogP contribution in [0.2, 0.25) is 0 Å². The first-order chi connectivity index (χ1) is 10.0. The second-order valence-corrected chi connectivity index (χ2v) is 7.33. The van der Waals surface area contributed by atoms with Crippen molar-refractivity contribution in [2.45, 2.75) is 19.9 Å². The summed E-state index contributed by atoms with van der Waals surface area (Å²) in [7, 11) is -1.22. The summed E-state index contributed by atoms with van der Waals surface area (Å²) in [5.41, 5.74) is 1.18. The van der Waals surface area contributed by atoms with Crippen molar-refractivity contribution in [2.75, 3.05) is 33.2 Å². The quantitative estimate of drug-likeness (QED) is 0.804. The lowest BCUT2D eigenvalue weighted by molar-refractivity contribution is 0.273. The molecule has 0 bridgehead atoms. The van der Waals surface area contributed by atoms with Crippen molar-refractivity contribution in [3.05, 3.63) is 30.1 Å². The summed E-state index contributed by atoms with van der Waals surface area (Å²) in [5.74, 6) is 0.389. The highest BCUT2D eigenvalue weighted by Gasteiger charge is 2.31. The van der Waals surface area contributed by atoms with Gasteiger partial charge in [-0.15, -0.1) is 0 Å². The minimum Gasteiger partial charge on any atom is -0.302 e. The summed E-state index contributed by atoms with van der Waals surface area (Å²) in [6.07, 6.45) is 4.55. The van der Waals surface area contributed by atoms with E-state index in [0.29, 0.717) is 25.6 Å². The van der Waals surface area contributed by atoms with E-state index in [0.717, 1.165) is 19.5 Å². The third-order valence-electron chi connectivity index (χ3n) is 3.66. The number of pyridine rings is 1. The van der Waals surface area contributed by atoms with Crippen molar-refractivity contribution in [3.8, 4) is 0 Å². The Kier molecular flexibility index (Phi) is 5.69. The molecule has 2 heterocycles. The summed E-state index contributed by atoms with van der Waals surface area (Å²) in [6.45, 7) is 5.18. The first kappa shape index (κ1) is 16.4. The fraction of sp³-hybridized carbons (Fsp3) is 0.643. The van der Waals surface area contributed by atoms with Gasteiger partial charge in [0.25, 0.3) is 10.2 Å². The van der Waals surface area contributed by atoms with E-state index in [9.17, 15) is 8.42 Å². The molecule has 0 unspecified atom stereocenters. The van der Waals surface area contributed by atoms with Crippen LogP contribution >= 0.6 is 0 Å². The van der Waals surface area contributed by atoms with Gasteiger partial charge in [0.15, 0.2) is 0 Å². The van der Waals surface area contributed by atoms with E-state index < -0.39 is 10.2 Å². The van der Waals surface area contributed by atoms with E-state index in [1.165, 1.54) is 5.56 Å². The molecule has 1 saturated heterocycles. The average Bonchev–Trinajstić information content (AvgIpc) is 2.89. The molecule has 6 nitrogen and oxygen atoms in total. The van der Waals surface area contributed by atoms with Crippen molar-refractivity contribution in [3.63, 3.8) is 0 Å². The Morgan fingerprint density at radius 3 is 3.00 bits per heavy atom. The van der Waals surface area contributed by atoms with Crippen LogP contribution in [-0.4, -0.2) is 55.8 Å². The molecule has 0 amide bonds. The molecule has 21 heavy (non-hydrogen) atoms. The van der Waals surface area contributed by atoms with E-state index in [4.69, 9.17) is 0 Å². The maximum atomic E-state index is 11.9. The van der Waals surface area contributed by atoms with Gasteiger partial charge in [0.1, 0.15) is 0 Å². The number of aromatic nitrogens is 1. The van der Waals surface area contributed by atoms with E-state index in [-0.39, 0.29) is 0 Å². The topological polar surface area (TPSA) is 65.5 Å². The van der Waals surface area contributed by atoms with Crippen LogP contribution in [0.5, 0.6) is 0 Å². The number of nitrogens with zero attached hydrogens (tertiary/aromatic N) is 3. The Bertz CT molecular complexity index is 535. The van der Waals surface area contributed by atoms with Crippen LogP contribution < -0.4 is 4.72 Å². The molecule has 1 aliphatic rings. The minimum atomic E-state index is -3.28. The van der Waals surface area contributed by atoms with E-state index in [2.05, 4.69) is 27.7 Å². The monoisotopic (exact) mass is 312 g/mol. The highest BCUT2D eigenvalue weighted by molar-refractivity contribution is 7.87. The molecule has 0 aromatic carbocycles. The third kappa shape index (κ3) is 4.74. The lowest BCUT2D eigenvalue weighted by atomic mass is 10.1. The fourth-order valence-corrected chi connectivity index (χ4v) is 4.05. The molecular weight excluding hydrogens is 288 g/mol. The number of hydrogen-bond donors (Lipinski definition) is 1. The zero-order chi connectivity index (χ0) is 15.3. The lowest BCUT2D eigenvalue weighted by Gasteiger charge is -2.21. The highest BCUT2D eigenvalue weighted by atomic mass is 32.2. The van der Waals surface area contributed by atoms with Gasteiger partial charge < -0.3 is 4.90 Å². The molecule has 1 fully saturated rings. The smallest absolute Gasteiger partial charge is 0.279 e. The molecule has 7 heteroatoms. The number of nitrogens with one attached hydrogen (secondary N) is 1. The average molecular weight is 312 g/mol. The Morgan fingerprint density at radius 2 is 2.33 bits per heavy atom. The molecule has 1 atom stereocenters. The normalized spacial score (nSPS) is 20.2. The molecule has 0 spiro atoms. The minimum absolute atomic E-state index is 0.389. The standard InChI is InChI=1S/C14H24N4O2S/c1-3-16-21(19,20)18-8-6-14(12-18)11-17(2)10-13-5-4-7-15-9-13/h4-5,7,9,14,16H,3,6,8,10-12H2,1-2H3/t14-/m0/s1.